The molecule has 3 rings (SSSR count). The number of benzene rings is 2. The molecule has 0 radical (unpaired) electrons. The minimum atomic E-state index is -0.497. The van der Waals surface area contributed by atoms with Gasteiger partial charge in [-0.3, -0.25) is 9.79 Å². The Hall–Kier alpha value is -2.75. The van der Waals surface area contributed by atoms with Crippen molar-refractivity contribution in [3.63, 3.8) is 0 Å². The number of nitrogens with one attached hydrogen (secondary N) is 3. The minimum Gasteiger partial charge on any atom is -0.484 e. The summed E-state index contributed by atoms with van der Waals surface area (Å²) in [6, 6.07) is 15.8. The van der Waals surface area contributed by atoms with Gasteiger partial charge in [0.2, 0.25) is 0 Å². The summed E-state index contributed by atoms with van der Waals surface area (Å²) >= 11 is 0. The number of primary amides is 1. The van der Waals surface area contributed by atoms with E-state index in [1.807, 2.05) is 24.3 Å². The van der Waals surface area contributed by atoms with E-state index in [1.165, 1.54) is 10.9 Å². The van der Waals surface area contributed by atoms with Gasteiger partial charge in [-0.1, -0.05) is 30.3 Å². The molecule has 0 unspecified atom stereocenters. The van der Waals surface area contributed by atoms with Crippen LogP contribution in [0.15, 0.2) is 59.7 Å². The van der Waals surface area contributed by atoms with Crippen LogP contribution in [-0.2, 0) is 17.8 Å². The Morgan fingerprint density at radius 2 is 2.00 bits per heavy atom. The summed E-state index contributed by atoms with van der Waals surface area (Å²) in [5.74, 6) is 0.840. The van der Waals surface area contributed by atoms with Crippen LogP contribution in [-0.4, -0.2) is 37.1 Å². The number of fused-ring (bicyclic) bond motifs is 1. The molecule has 3 aromatic rings. The summed E-state index contributed by atoms with van der Waals surface area (Å²) in [6.07, 6.45) is 2.95. The Morgan fingerprint density at radius 1 is 1.17 bits per heavy atom. The highest BCUT2D eigenvalue weighted by molar-refractivity contribution is 14.0. The summed E-state index contributed by atoms with van der Waals surface area (Å²) < 4.78 is 5.33. The van der Waals surface area contributed by atoms with Crippen LogP contribution in [0.1, 0.15) is 11.1 Å². The summed E-state index contributed by atoms with van der Waals surface area (Å²) in [6.45, 7) is 1.22. The predicted octanol–water partition coefficient (Wildman–Crippen LogP) is 2.56. The lowest BCUT2D eigenvalue weighted by Crippen LogP contribution is -2.37. The molecule has 0 bridgehead atoms. The zero-order chi connectivity index (χ0) is 19.8. The standard InChI is InChI=1S/C21H25N5O2.HI/c1-23-21(24-10-9-16-13-25-19-8-3-2-7-18(16)19)26-12-15-5-4-6-17(11-15)28-14-20(22)27;/h2-8,11,13,25H,9-10,12,14H2,1H3,(H2,22,27)(H2,23,24,26);1H. The van der Waals surface area contributed by atoms with Crippen LogP contribution in [0, 0.1) is 0 Å². The van der Waals surface area contributed by atoms with E-state index in [2.05, 4.69) is 45.0 Å². The molecule has 0 saturated heterocycles. The van der Waals surface area contributed by atoms with Crippen LogP contribution in [0.4, 0.5) is 0 Å². The SMILES string of the molecule is CN=C(NCCc1c[nH]c2ccccc12)NCc1cccc(OCC(N)=O)c1.I. The number of halogens is 1. The number of H-pyrrole nitrogens is 1. The summed E-state index contributed by atoms with van der Waals surface area (Å²) in [7, 11) is 1.74. The third-order valence-corrected chi connectivity index (χ3v) is 4.32. The van der Waals surface area contributed by atoms with Gasteiger partial charge in [0, 0.05) is 37.2 Å². The molecule has 154 valence electrons. The highest BCUT2D eigenvalue weighted by atomic mass is 127. The molecule has 1 heterocycles. The third-order valence-electron chi connectivity index (χ3n) is 4.32. The minimum absolute atomic E-state index is 0. The number of rotatable bonds is 8. The number of hydrogen-bond donors (Lipinski definition) is 4. The van der Waals surface area contributed by atoms with Gasteiger partial charge in [-0.2, -0.15) is 0 Å². The molecule has 5 N–H and O–H groups in total. The Kier molecular flexibility index (Phi) is 8.78. The highest BCUT2D eigenvalue weighted by Crippen LogP contribution is 2.17. The summed E-state index contributed by atoms with van der Waals surface area (Å²) in [5.41, 5.74) is 8.55. The number of amides is 1. The van der Waals surface area contributed by atoms with Crippen molar-refractivity contribution in [1.82, 2.24) is 15.6 Å². The van der Waals surface area contributed by atoms with Crippen LogP contribution in [0.3, 0.4) is 0 Å². The lowest BCUT2D eigenvalue weighted by Gasteiger charge is -2.12. The maximum Gasteiger partial charge on any atom is 0.255 e. The number of nitrogens with two attached hydrogens (primary N) is 1. The van der Waals surface area contributed by atoms with Crippen LogP contribution in [0.25, 0.3) is 10.9 Å². The Bertz CT molecular complexity index is 970. The van der Waals surface area contributed by atoms with Crippen molar-refractivity contribution in [3.8, 4) is 5.75 Å². The Morgan fingerprint density at radius 3 is 2.79 bits per heavy atom. The van der Waals surface area contributed by atoms with E-state index < -0.39 is 5.91 Å². The fraction of sp³-hybridized carbons (Fsp3) is 0.238. The zero-order valence-electron chi connectivity index (χ0n) is 16.3. The van der Waals surface area contributed by atoms with Crippen molar-refractivity contribution in [2.75, 3.05) is 20.2 Å². The molecule has 29 heavy (non-hydrogen) atoms. The van der Waals surface area contributed by atoms with Gasteiger partial charge >= 0.3 is 0 Å². The number of ether oxygens (including phenoxy) is 1. The van der Waals surface area contributed by atoms with Crippen molar-refractivity contribution >= 4 is 46.7 Å². The molecule has 0 fully saturated rings. The van der Waals surface area contributed by atoms with Crippen molar-refractivity contribution in [3.05, 3.63) is 65.9 Å². The quantitative estimate of drug-likeness (QED) is 0.214. The maximum atomic E-state index is 10.8. The maximum absolute atomic E-state index is 10.8. The molecule has 0 saturated carbocycles. The van der Waals surface area contributed by atoms with Crippen LogP contribution in [0.5, 0.6) is 5.75 Å². The highest BCUT2D eigenvalue weighted by Gasteiger charge is 2.04. The second kappa shape index (κ2) is 11.3. The predicted molar refractivity (Wildman–Crippen MR) is 127 cm³/mol. The molecule has 0 aliphatic rings. The first-order chi connectivity index (χ1) is 13.7. The van der Waals surface area contributed by atoms with E-state index in [-0.39, 0.29) is 30.6 Å². The number of aliphatic imine (C=N–C) groups is 1. The second-order valence-corrected chi connectivity index (χ2v) is 6.36. The van der Waals surface area contributed by atoms with Gasteiger partial charge in [0.1, 0.15) is 5.75 Å². The zero-order valence-corrected chi connectivity index (χ0v) is 18.6. The summed E-state index contributed by atoms with van der Waals surface area (Å²) in [4.78, 5) is 18.4. The number of nitrogens with zero attached hydrogens (tertiary/aromatic N) is 1. The first kappa shape index (κ1) is 22.5. The molecule has 2 aromatic carbocycles. The van der Waals surface area contributed by atoms with E-state index in [1.54, 1.807) is 13.1 Å². The first-order valence-corrected chi connectivity index (χ1v) is 9.15. The van der Waals surface area contributed by atoms with Crippen molar-refractivity contribution in [2.45, 2.75) is 13.0 Å². The van der Waals surface area contributed by atoms with Gasteiger partial charge in [-0.05, 0) is 35.7 Å². The topological polar surface area (TPSA) is 105 Å². The monoisotopic (exact) mass is 507 g/mol. The van der Waals surface area contributed by atoms with E-state index in [9.17, 15) is 4.79 Å². The Labute approximate surface area is 187 Å². The smallest absolute Gasteiger partial charge is 0.255 e. The van der Waals surface area contributed by atoms with Gasteiger partial charge in [0.15, 0.2) is 12.6 Å². The van der Waals surface area contributed by atoms with E-state index >= 15 is 0 Å². The van der Waals surface area contributed by atoms with Gasteiger partial charge in [-0.15, -0.1) is 24.0 Å². The molecular weight excluding hydrogens is 481 g/mol. The number of hydrogen-bond acceptors (Lipinski definition) is 3. The molecule has 0 aliphatic carbocycles. The number of aromatic nitrogens is 1. The van der Waals surface area contributed by atoms with Gasteiger partial charge in [-0.25, -0.2) is 0 Å². The molecule has 0 aliphatic heterocycles. The first-order valence-electron chi connectivity index (χ1n) is 9.15. The van der Waals surface area contributed by atoms with Crippen LogP contribution in [0.2, 0.25) is 0 Å². The fourth-order valence-electron chi connectivity index (χ4n) is 2.96. The van der Waals surface area contributed by atoms with E-state index in [0.29, 0.717) is 12.3 Å². The third kappa shape index (κ3) is 6.67. The molecule has 0 spiro atoms. The lowest BCUT2D eigenvalue weighted by molar-refractivity contribution is -0.119. The number of aromatic amines is 1. The van der Waals surface area contributed by atoms with Crippen molar-refractivity contribution in [2.24, 2.45) is 10.7 Å². The average molecular weight is 507 g/mol. The number of para-hydroxylation sites is 1. The lowest BCUT2D eigenvalue weighted by atomic mass is 10.1. The second-order valence-electron chi connectivity index (χ2n) is 6.36. The average Bonchev–Trinajstić information content (AvgIpc) is 3.12. The molecule has 1 amide bonds. The molecular formula is C21H26IN5O2. The molecule has 7 nitrogen and oxygen atoms in total. The van der Waals surface area contributed by atoms with Gasteiger partial charge in [0.05, 0.1) is 0 Å². The van der Waals surface area contributed by atoms with E-state index in [4.69, 9.17) is 10.5 Å². The van der Waals surface area contributed by atoms with Crippen LogP contribution < -0.4 is 21.1 Å². The number of carbonyl (C=O) groups is 1. The fourth-order valence-corrected chi connectivity index (χ4v) is 2.96. The molecule has 8 heteroatoms. The van der Waals surface area contributed by atoms with Gasteiger partial charge < -0.3 is 26.1 Å². The molecule has 1 aromatic heterocycles. The molecule has 0 atom stereocenters. The van der Waals surface area contributed by atoms with Crippen molar-refractivity contribution < 1.29 is 9.53 Å². The van der Waals surface area contributed by atoms with Gasteiger partial charge in [0.25, 0.3) is 5.91 Å². The normalized spacial score (nSPS) is 11.0. The van der Waals surface area contributed by atoms with Crippen LogP contribution >= 0.6 is 24.0 Å². The number of carbonyl (C=O) groups excluding carboxylic acids is 1. The number of guanidine groups is 1. The largest absolute Gasteiger partial charge is 0.484 e. The van der Waals surface area contributed by atoms with Crippen molar-refractivity contribution in [1.29, 1.82) is 0 Å². The van der Waals surface area contributed by atoms with E-state index in [0.717, 1.165) is 30.0 Å². The Balaban J connectivity index is 0.00000300. The summed E-state index contributed by atoms with van der Waals surface area (Å²) in [5, 5.41) is 7.86.